The lowest BCUT2D eigenvalue weighted by Gasteiger charge is -2.15. The van der Waals surface area contributed by atoms with Gasteiger partial charge in [0, 0.05) is 24.3 Å². The Morgan fingerprint density at radius 3 is 2.24 bits per heavy atom. The standard InChI is InChI=1S/C19H21F3N2O/c1-13(2)14-7-3-5-9-16(14)24-18(25)11-12-23-17-10-6-4-8-15(17)19(20,21)22/h3-10,13,23H,11-12H2,1-2H3,(H,24,25). The third kappa shape index (κ3) is 5.24. The molecule has 2 rings (SSSR count). The van der Waals surface area contributed by atoms with Gasteiger partial charge in [0.1, 0.15) is 0 Å². The topological polar surface area (TPSA) is 41.1 Å². The summed E-state index contributed by atoms with van der Waals surface area (Å²) < 4.78 is 38.8. The maximum atomic E-state index is 12.9. The first-order valence-electron chi connectivity index (χ1n) is 8.08. The average molecular weight is 350 g/mol. The lowest BCUT2D eigenvalue weighted by atomic mass is 10.0. The van der Waals surface area contributed by atoms with Crippen molar-refractivity contribution < 1.29 is 18.0 Å². The van der Waals surface area contributed by atoms with E-state index < -0.39 is 11.7 Å². The number of hydrogen-bond donors (Lipinski definition) is 2. The van der Waals surface area contributed by atoms with Gasteiger partial charge in [-0.1, -0.05) is 44.2 Å². The Morgan fingerprint density at radius 1 is 1.00 bits per heavy atom. The predicted molar refractivity (Wildman–Crippen MR) is 93.7 cm³/mol. The second-order valence-electron chi connectivity index (χ2n) is 6.01. The molecule has 0 fully saturated rings. The zero-order chi connectivity index (χ0) is 18.4. The molecule has 0 aliphatic carbocycles. The van der Waals surface area contributed by atoms with E-state index in [1.807, 2.05) is 38.1 Å². The highest BCUT2D eigenvalue weighted by atomic mass is 19.4. The third-order valence-corrected chi connectivity index (χ3v) is 3.76. The number of hydrogen-bond acceptors (Lipinski definition) is 2. The number of carbonyl (C=O) groups is 1. The molecule has 0 aliphatic rings. The summed E-state index contributed by atoms with van der Waals surface area (Å²) in [5.74, 6) is 0.0124. The second kappa shape index (κ2) is 8.05. The van der Waals surface area contributed by atoms with Gasteiger partial charge in [-0.2, -0.15) is 13.2 Å². The van der Waals surface area contributed by atoms with Crippen molar-refractivity contribution >= 4 is 17.3 Å². The summed E-state index contributed by atoms with van der Waals surface area (Å²) in [5, 5.41) is 5.51. The molecule has 2 N–H and O–H groups in total. The molecule has 0 unspecified atom stereocenters. The van der Waals surface area contributed by atoms with Crippen molar-refractivity contribution in [3.8, 4) is 0 Å². The van der Waals surface area contributed by atoms with Crippen molar-refractivity contribution in [1.29, 1.82) is 0 Å². The van der Waals surface area contributed by atoms with E-state index in [4.69, 9.17) is 0 Å². The second-order valence-corrected chi connectivity index (χ2v) is 6.01. The van der Waals surface area contributed by atoms with Crippen molar-refractivity contribution in [3.05, 3.63) is 59.7 Å². The lowest BCUT2D eigenvalue weighted by Crippen LogP contribution is -2.18. The SMILES string of the molecule is CC(C)c1ccccc1NC(=O)CCNc1ccccc1C(F)(F)F. The Hall–Kier alpha value is -2.50. The molecule has 0 atom stereocenters. The lowest BCUT2D eigenvalue weighted by molar-refractivity contribution is -0.137. The van der Waals surface area contributed by atoms with Crippen LogP contribution in [0.4, 0.5) is 24.5 Å². The third-order valence-electron chi connectivity index (χ3n) is 3.76. The van der Waals surface area contributed by atoms with Crippen LogP contribution in [0.25, 0.3) is 0 Å². The number of halogens is 3. The van der Waals surface area contributed by atoms with Gasteiger partial charge in [0.25, 0.3) is 0 Å². The molecule has 134 valence electrons. The van der Waals surface area contributed by atoms with Gasteiger partial charge in [0.15, 0.2) is 0 Å². The van der Waals surface area contributed by atoms with Gasteiger partial charge < -0.3 is 10.6 Å². The summed E-state index contributed by atoms with van der Waals surface area (Å²) in [5.41, 5.74) is 0.996. The summed E-state index contributed by atoms with van der Waals surface area (Å²) in [4.78, 5) is 12.1. The molecule has 0 aliphatic heterocycles. The Labute approximate surface area is 145 Å². The van der Waals surface area contributed by atoms with Crippen LogP contribution >= 0.6 is 0 Å². The highest BCUT2D eigenvalue weighted by molar-refractivity contribution is 5.91. The number of anilines is 2. The van der Waals surface area contributed by atoms with E-state index in [-0.39, 0.29) is 30.5 Å². The fraction of sp³-hybridized carbons (Fsp3) is 0.316. The first-order valence-corrected chi connectivity index (χ1v) is 8.08. The first kappa shape index (κ1) is 18.8. The highest BCUT2D eigenvalue weighted by Crippen LogP contribution is 2.34. The van der Waals surface area contributed by atoms with Crippen LogP contribution < -0.4 is 10.6 Å². The molecule has 25 heavy (non-hydrogen) atoms. The van der Waals surface area contributed by atoms with Gasteiger partial charge in [0.2, 0.25) is 5.91 Å². The molecule has 0 saturated carbocycles. The molecule has 0 saturated heterocycles. The van der Waals surface area contributed by atoms with Crippen LogP contribution in [0.1, 0.15) is 37.3 Å². The van der Waals surface area contributed by atoms with E-state index in [1.54, 1.807) is 0 Å². The van der Waals surface area contributed by atoms with Crippen molar-refractivity contribution in [2.45, 2.75) is 32.4 Å². The molecule has 0 bridgehead atoms. The predicted octanol–water partition coefficient (Wildman–Crippen LogP) is 5.27. The molecule has 1 amide bonds. The van der Waals surface area contributed by atoms with Gasteiger partial charge in [-0.25, -0.2) is 0 Å². The van der Waals surface area contributed by atoms with E-state index >= 15 is 0 Å². The van der Waals surface area contributed by atoms with Gasteiger partial charge >= 0.3 is 6.18 Å². The Bertz CT molecular complexity index is 727. The quantitative estimate of drug-likeness (QED) is 0.745. The van der Waals surface area contributed by atoms with Crippen LogP contribution in [0.15, 0.2) is 48.5 Å². The normalized spacial score (nSPS) is 11.4. The first-order chi connectivity index (χ1) is 11.8. The number of para-hydroxylation sites is 2. The molecule has 2 aromatic rings. The largest absolute Gasteiger partial charge is 0.418 e. The molecule has 6 heteroatoms. The monoisotopic (exact) mass is 350 g/mol. The summed E-state index contributed by atoms with van der Waals surface area (Å²) in [6, 6.07) is 12.7. The number of carbonyl (C=O) groups excluding carboxylic acids is 1. The van der Waals surface area contributed by atoms with Gasteiger partial charge in [-0.3, -0.25) is 4.79 Å². The molecule has 0 spiro atoms. The van der Waals surface area contributed by atoms with Crippen molar-refractivity contribution in [2.24, 2.45) is 0 Å². The van der Waals surface area contributed by atoms with E-state index in [1.165, 1.54) is 18.2 Å². The van der Waals surface area contributed by atoms with E-state index in [0.29, 0.717) is 0 Å². The maximum Gasteiger partial charge on any atom is 0.418 e. The number of amides is 1. The van der Waals surface area contributed by atoms with Crippen molar-refractivity contribution in [1.82, 2.24) is 0 Å². The number of benzene rings is 2. The zero-order valence-electron chi connectivity index (χ0n) is 14.2. The van der Waals surface area contributed by atoms with E-state index in [2.05, 4.69) is 10.6 Å². The van der Waals surface area contributed by atoms with Crippen LogP contribution in [0.3, 0.4) is 0 Å². The Kier molecular flexibility index (Phi) is 6.07. The van der Waals surface area contributed by atoms with Crippen LogP contribution in [-0.2, 0) is 11.0 Å². The fourth-order valence-corrected chi connectivity index (χ4v) is 2.52. The Morgan fingerprint density at radius 2 is 1.60 bits per heavy atom. The number of alkyl halides is 3. The molecular weight excluding hydrogens is 329 g/mol. The minimum absolute atomic E-state index is 0.0228. The van der Waals surface area contributed by atoms with Crippen molar-refractivity contribution in [2.75, 3.05) is 17.2 Å². The average Bonchev–Trinajstić information content (AvgIpc) is 2.54. The van der Waals surface area contributed by atoms with E-state index in [9.17, 15) is 18.0 Å². The summed E-state index contributed by atoms with van der Waals surface area (Å²) >= 11 is 0. The molecular formula is C19H21F3N2O. The Balaban J connectivity index is 1.94. The summed E-state index contributed by atoms with van der Waals surface area (Å²) in [6.45, 7) is 4.17. The summed E-state index contributed by atoms with van der Waals surface area (Å²) in [7, 11) is 0. The highest BCUT2D eigenvalue weighted by Gasteiger charge is 2.33. The summed E-state index contributed by atoms with van der Waals surface area (Å²) in [6.07, 6.45) is -4.36. The van der Waals surface area contributed by atoms with Gasteiger partial charge in [-0.15, -0.1) is 0 Å². The van der Waals surface area contributed by atoms with Crippen LogP contribution in [-0.4, -0.2) is 12.5 Å². The molecule has 0 radical (unpaired) electrons. The van der Waals surface area contributed by atoms with Gasteiger partial charge in [0.05, 0.1) is 5.56 Å². The smallest absolute Gasteiger partial charge is 0.384 e. The minimum atomic E-state index is -4.43. The molecule has 3 nitrogen and oxygen atoms in total. The number of nitrogens with one attached hydrogen (secondary N) is 2. The minimum Gasteiger partial charge on any atom is -0.384 e. The molecule has 0 heterocycles. The van der Waals surface area contributed by atoms with Crippen LogP contribution in [0.5, 0.6) is 0 Å². The molecule has 2 aromatic carbocycles. The van der Waals surface area contributed by atoms with Gasteiger partial charge in [-0.05, 0) is 29.7 Å². The van der Waals surface area contributed by atoms with Crippen LogP contribution in [0, 0.1) is 0 Å². The van der Waals surface area contributed by atoms with Crippen molar-refractivity contribution in [3.63, 3.8) is 0 Å². The maximum absolute atomic E-state index is 12.9. The molecule has 0 aromatic heterocycles. The van der Waals surface area contributed by atoms with E-state index in [0.717, 1.165) is 17.3 Å². The fourth-order valence-electron chi connectivity index (χ4n) is 2.52. The zero-order valence-corrected chi connectivity index (χ0v) is 14.2. The number of rotatable bonds is 6. The van der Waals surface area contributed by atoms with Crippen LogP contribution in [0.2, 0.25) is 0 Å².